The van der Waals surface area contributed by atoms with Crippen molar-refractivity contribution in [3.05, 3.63) is 59.4 Å². The average Bonchev–Trinajstić information content (AvgIpc) is 2.65. The maximum atomic E-state index is 13.8. The van der Waals surface area contributed by atoms with Crippen LogP contribution >= 0.6 is 11.8 Å². The fraction of sp³-hybridized carbons (Fsp3) is 0.381. The van der Waals surface area contributed by atoms with Crippen molar-refractivity contribution in [2.75, 3.05) is 11.5 Å². The van der Waals surface area contributed by atoms with E-state index in [9.17, 15) is 22.4 Å². The molecule has 0 saturated heterocycles. The molecule has 0 aromatic heterocycles. The number of aryl methyl sites for hydroxylation is 1. The van der Waals surface area contributed by atoms with Gasteiger partial charge in [-0.15, -0.1) is 0 Å². The summed E-state index contributed by atoms with van der Waals surface area (Å²) in [5, 5.41) is 8.73. The van der Waals surface area contributed by atoms with E-state index in [1.54, 1.807) is 31.2 Å². The molecule has 0 bridgehead atoms. The lowest BCUT2D eigenvalue weighted by Gasteiger charge is -2.21. The van der Waals surface area contributed by atoms with Gasteiger partial charge in [-0.25, -0.2) is 4.39 Å². The van der Waals surface area contributed by atoms with E-state index >= 15 is 0 Å². The molecule has 0 aliphatic heterocycles. The molecule has 0 heterocycles. The molecule has 0 aliphatic carbocycles. The minimum absolute atomic E-state index is 0.124. The van der Waals surface area contributed by atoms with Crippen LogP contribution in [0.15, 0.2) is 42.5 Å². The van der Waals surface area contributed by atoms with Crippen LogP contribution in [-0.4, -0.2) is 34.8 Å². The van der Waals surface area contributed by atoms with Gasteiger partial charge in [-0.2, -0.15) is 24.9 Å². The van der Waals surface area contributed by atoms with Gasteiger partial charge in [-0.1, -0.05) is 36.4 Å². The molecule has 158 valence electrons. The zero-order valence-electron chi connectivity index (χ0n) is 15.9. The summed E-state index contributed by atoms with van der Waals surface area (Å²) in [4.78, 5) is 10.7. The topological polar surface area (TPSA) is 63.3 Å². The molecule has 0 radical (unpaired) electrons. The first-order valence-corrected chi connectivity index (χ1v) is 10.2. The van der Waals surface area contributed by atoms with Gasteiger partial charge in [0.25, 0.3) is 0 Å². The lowest BCUT2D eigenvalue weighted by Crippen LogP contribution is -2.30. The Morgan fingerprint density at radius 1 is 1.10 bits per heavy atom. The van der Waals surface area contributed by atoms with Crippen molar-refractivity contribution in [2.45, 2.75) is 37.9 Å². The Morgan fingerprint density at radius 2 is 1.76 bits per heavy atom. The normalized spacial score (nSPS) is 13.9. The summed E-state index contributed by atoms with van der Waals surface area (Å²) in [5.41, 5.74) is 7.03. The highest BCUT2D eigenvalue weighted by Gasteiger charge is 2.40. The van der Waals surface area contributed by atoms with E-state index in [2.05, 4.69) is 0 Å². The summed E-state index contributed by atoms with van der Waals surface area (Å²) in [7, 11) is 0. The van der Waals surface area contributed by atoms with Crippen molar-refractivity contribution < 1.29 is 27.5 Å². The third-order valence-corrected chi connectivity index (χ3v) is 5.68. The number of carboxylic acid groups (broad SMARTS) is 1. The highest BCUT2D eigenvalue weighted by atomic mass is 32.2. The molecule has 2 atom stereocenters. The van der Waals surface area contributed by atoms with Gasteiger partial charge in [0.1, 0.15) is 11.9 Å². The molecule has 8 heteroatoms. The Kier molecular flexibility index (Phi) is 8.10. The van der Waals surface area contributed by atoms with Crippen LogP contribution < -0.4 is 5.73 Å². The fourth-order valence-electron chi connectivity index (χ4n) is 2.86. The molecule has 0 saturated carbocycles. The van der Waals surface area contributed by atoms with Gasteiger partial charge >= 0.3 is 12.1 Å². The second kappa shape index (κ2) is 10.1. The van der Waals surface area contributed by atoms with Crippen molar-refractivity contribution in [3.8, 4) is 11.1 Å². The summed E-state index contributed by atoms with van der Waals surface area (Å²) in [6, 6.07) is 9.66. The van der Waals surface area contributed by atoms with Gasteiger partial charge in [0.15, 0.2) is 0 Å². The van der Waals surface area contributed by atoms with E-state index in [0.717, 1.165) is 0 Å². The fourth-order valence-corrected chi connectivity index (χ4v) is 3.89. The number of aliphatic carboxylic acids is 1. The van der Waals surface area contributed by atoms with Gasteiger partial charge in [0, 0.05) is 0 Å². The van der Waals surface area contributed by atoms with Crippen molar-refractivity contribution in [1.82, 2.24) is 0 Å². The van der Waals surface area contributed by atoms with E-state index in [1.807, 2.05) is 0 Å². The van der Waals surface area contributed by atoms with E-state index in [0.29, 0.717) is 22.4 Å². The lowest BCUT2D eigenvalue weighted by atomic mass is 9.92. The molecule has 3 N–H and O–H groups in total. The smallest absolute Gasteiger partial charge is 0.395 e. The predicted octanol–water partition coefficient (Wildman–Crippen LogP) is 5.37. The number of nitrogens with two attached hydrogens (primary N) is 1. The highest BCUT2D eigenvalue weighted by Crippen LogP contribution is 2.39. The molecule has 0 spiro atoms. The molecule has 3 nitrogen and oxygen atoms in total. The van der Waals surface area contributed by atoms with Crippen LogP contribution in [-0.2, 0) is 4.79 Å². The quantitative estimate of drug-likeness (QED) is 0.415. The van der Waals surface area contributed by atoms with Crippen LogP contribution in [0.1, 0.15) is 29.9 Å². The van der Waals surface area contributed by atoms with Gasteiger partial charge in [0.2, 0.25) is 0 Å². The number of carboxylic acids is 1. The molecule has 0 fully saturated rings. The van der Waals surface area contributed by atoms with Crippen LogP contribution in [0.5, 0.6) is 0 Å². The number of hydrogen-bond donors (Lipinski definition) is 2. The SMILES string of the molecule is Cc1ccc(-c2cccc(C(CCSCCC(N)C(=O)O)C(F)(F)F)c2)cc1F. The molecule has 2 aromatic rings. The van der Waals surface area contributed by atoms with Gasteiger partial charge in [-0.3, -0.25) is 4.79 Å². The van der Waals surface area contributed by atoms with Gasteiger partial charge in [0.05, 0.1) is 5.92 Å². The maximum Gasteiger partial charge on any atom is 0.395 e. The number of alkyl halides is 3. The molecule has 2 rings (SSSR count). The van der Waals surface area contributed by atoms with Crippen LogP contribution in [0.4, 0.5) is 17.6 Å². The first-order valence-electron chi connectivity index (χ1n) is 9.09. The van der Waals surface area contributed by atoms with Crippen molar-refractivity contribution in [1.29, 1.82) is 0 Å². The number of carbonyl (C=O) groups is 1. The minimum Gasteiger partial charge on any atom is -0.480 e. The molecule has 2 aromatic carbocycles. The van der Waals surface area contributed by atoms with Crippen molar-refractivity contribution in [2.24, 2.45) is 5.73 Å². The van der Waals surface area contributed by atoms with E-state index in [4.69, 9.17) is 10.8 Å². The molecular formula is C21H23F4NO2S. The Bertz CT molecular complexity index is 842. The largest absolute Gasteiger partial charge is 0.480 e. The van der Waals surface area contributed by atoms with Crippen molar-refractivity contribution in [3.63, 3.8) is 0 Å². The van der Waals surface area contributed by atoms with E-state index < -0.39 is 29.9 Å². The minimum atomic E-state index is -4.42. The lowest BCUT2D eigenvalue weighted by molar-refractivity contribution is -0.150. The molecule has 2 unspecified atom stereocenters. The predicted molar refractivity (Wildman–Crippen MR) is 108 cm³/mol. The zero-order valence-corrected chi connectivity index (χ0v) is 16.7. The molecule has 0 amide bonds. The molecule has 29 heavy (non-hydrogen) atoms. The Balaban J connectivity index is 2.10. The zero-order chi connectivity index (χ0) is 21.6. The standard InChI is InChI=1S/C21H23F4NO2S/c1-13-5-6-15(12-18(13)22)14-3-2-4-16(11-14)17(21(23,24)25)7-9-29-10-8-19(26)20(27)28/h2-6,11-12,17,19H,7-10,26H2,1H3,(H,27,28). The van der Waals surface area contributed by atoms with Crippen molar-refractivity contribution >= 4 is 17.7 Å². The Labute approximate surface area is 171 Å². The third-order valence-electron chi connectivity index (χ3n) is 4.63. The summed E-state index contributed by atoms with van der Waals surface area (Å²) in [6.07, 6.45) is -4.36. The number of benzene rings is 2. The summed E-state index contributed by atoms with van der Waals surface area (Å²) in [5.74, 6) is -2.58. The monoisotopic (exact) mass is 429 g/mol. The number of hydrogen-bond acceptors (Lipinski definition) is 3. The van der Waals surface area contributed by atoms with Crippen LogP contribution in [0.2, 0.25) is 0 Å². The van der Waals surface area contributed by atoms with Crippen LogP contribution in [0.25, 0.3) is 11.1 Å². The highest BCUT2D eigenvalue weighted by molar-refractivity contribution is 7.99. The maximum absolute atomic E-state index is 13.8. The first kappa shape index (κ1) is 23.2. The molecular weight excluding hydrogens is 406 g/mol. The summed E-state index contributed by atoms with van der Waals surface area (Å²) in [6.45, 7) is 1.62. The number of rotatable bonds is 9. The summed E-state index contributed by atoms with van der Waals surface area (Å²) >= 11 is 1.25. The van der Waals surface area contributed by atoms with Gasteiger partial charge < -0.3 is 10.8 Å². The molecule has 0 aliphatic rings. The van der Waals surface area contributed by atoms with Crippen LogP contribution in [0.3, 0.4) is 0 Å². The number of thioether (sulfide) groups is 1. The Morgan fingerprint density at radius 3 is 2.38 bits per heavy atom. The average molecular weight is 429 g/mol. The Hall–Kier alpha value is -2.06. The third kappa shape index (κ3) is 6.75. The second-order valence-electron chi connectivity index (χ2n) is 6.82. The number of halogens is 4. The summed E-state index contributed by atoms with van der Waals surface area (Å²) < 4.78 is 54.7. The first-order chi connectivity index (χ1) is 13.6. The van der Waals surface area contributed by atoms with E-state index in [-0.39, 0.29) is 24.2 Å². The van der Waals surface area contributed by atoms with Gasteiger partial charge in [-0.05, 0) is 59.6 Å². The van der Waals surface area contributed by atoms with E-state index in [1.165, 1.54) is 30.0 Å². The van der Waals surface area contributed by atoms with Crippen LogP contribution in [0, 0.1) is 12.7 Å². The second-order valence-corrected chi connectivity index (χ2v) is 8.04.